The number of hydrogen-bond donors (Lipinski definition) is 1. The van der Waals surface area contributed by atoms with Gasteiger partial charge in [0.1, 0.15) is 0 Å². The molecule has 1 aliphatic rings. The highest BCUT2D eigenvalue weighted by Crippen LogP contribution is 2.11. The summed E-state index contributed by atoms with van der Waals surface area (Å²) in [6.45, 7) is 7.25. The molecule has 1 aliphatic heterocycles. The van der Waals surface area contributed by atoms with Gasteiger partial charge in [0.25, 0.3) is 0 Å². The first kappa shape index (κ1) is 12.0. The van der Waals surface area contributed by atoms with E-state index in [9.17, 15) is 9.59 Å². The number of hydrogen-bond acceptors (Lipinski definition) is 3. The van der Waals surface area contributed by atoms with Crippen LogP contribution in [0.2, 0.25) is 0 Å². The Bertz CT molecular complexity index is 265. The Hall–Kier alpha value is -1.10. The van der Waals surface area contributed by atoms with Gasteiger partial charge in [-0.15, -0.1) is 0 Å². The highest BCUT2D eigenvalue weighted by Gasteiger charge is 2.35. The third-order valence-corrected chi connectivity index (χ3v) is 2.78. The Balaban J connectivity index is 2.73. The van der Waals surface area contributed by atoms with Crippen molar-refractivity contribution in [2.75, 3.05) is 19.6 Å². The zero-order valence-corrected chi connectivity index (χ0v) is 9.56. The Morgan fingerprint density at radius 1 is 1.13 bits per heavy atom. The second-order valence-electron chi connectivity index (χ2n) is 4.18. The van der Waals surface area contributed by atoms with Crippen LogP contribution in [0.3, 0.4) is 0 Å². The number of nitrogens with zero attached hydrogens (tertiary/aromatic N) is 2. The largest absolute Gasteiger partial charge is 0.330 e. The fourth-order valence-corrected chi connectivity index (χ4v) is 1.70. The van der Waals surface area contributed by atoms with Crippen LogP contribution in [-0.2, 0) is 9.59 Å². The molecule has 0 aliphatic carbocycles. The lowest BCUT2D eigenvalue weighted by atomic mass is 10.2. The van der Waals surface area contributed by atoms with Crippen molar-refractivity contribution in [1.29, 1.82) is 0 Å². The standard InChI is InChI=1S/C10H19N3O2/c1-7(2)12-4-5-13(8(3)6-11)10(15)9(12)14/h7-8H,4-6,11H2,1-3H3. The van der Waals surface area contributed by atoms with E-state index in [0.29, 0.717) is 19.6 Å². The van der Waals surface area contributed by atoms with Gasteiger partial charge < -0.3 is 15.5 Å². The molecule has 5 heteroatoms. The lowest BCUT2D eigenvalue weighted by Gasteiger charge is -2.38. The third-order valence-electron chi connectivity index (χ3n) is 2.78. The summed E-state index contributed by atoms with van der Waals surface area (Å²) in [6.07, 6.45) is 0. The maximum Gasteiger partial charge on any atom is 0.312 e. The van der Waals surface area contributed by atoms with Crippen molar-refractivity contribution in [2.45, 2.75) is 32.9 Å². The number of carbonyl (C=O) groups excluding carboxylic acids is 2. The van der Waals surface area contributed by atoms with E-state index in [1.165, 1.54) is 0 Å². The number of amides is 2. The van der Waals surface area contributed by atoms with E-state index in [2.05, 4.69) is 0 Å². The quantitative estimate of drug-likeness (QED) is 0.637. The smallest absolute Gasteiger partial charge is 0.312 e. The van der Waals surface area contributed by atoms with Gasteiger partial charge in [0.05, 0.1) is 0 Å². The van der Waals surface area contributed by atoms with Crippen molar-refractivity contribution in [3.63, 3.8) is 0 Å². The van der Waals surface area contributed by atoms with Crippen LogP contribution in [0.4, 0.5) is 0 Å². The summed E-state index contributed by atoms with van der Waals surface area (Å²) in [4.78, 5) is 26.6. The predicted molar refractivity (Wildman–Crippen MR) is 57.1 cm³/mol. The first-order chi connectivity index (χ1) is 6.99. The first-order valence-corrected chi connectivity index (χ1v) is 5.30. The molecule has 0 bridgehead atoms. The van der Waals surface area contributed by atoms with Crippen molar-refractivity contribution in [2.24, 2.45) is 5.73 Å². The number of carbonyl (C=O) groups is 2. The van der Waals surface area contributed by atoms with E-state index in [4.69, 9.17) is 5.73 Å². The van der Waals surface area contributed by atoms with E-state index in [1.807, 2.05) is 20.8 Å². The maximum atomic E-state index is 11.7. The Morgan fingerprint density at radius 2 is 1.60 bits per heavy atom. The van der Waals surface area contributed by atoms with E-state index in [-0.39, 0.29) is 12.1 Å². The lowest BCUT2D eigenvalue weighted by Crippen LogP contribution is -2.59. The molecule has 1 rings (SSSR count). The molecule has 1 fully saturated rings. The minimum Gasteiger partial charge on any atom is -0.330 e. The first-order valence-electron chi connectivity index (χ1n) is 5.30. The molecule has 1 atom stereocenters. The van der Waals surface area contributed by atoms with Crippen LogP contribution in [0.5, 0.6) is 0 Å². The highest BCUT2D eigenvalue weighted by molar-refractivity contribution is 6.35. The monoisotopic (exact) mass is 213 g/mol. The normalized spacial score (nSPS) is 20.1. The minimum atomic E-state index is -0.423. The van der Waals surface area contributed by atoms with Gasteiger partial charge in [0, 0.05) is 31.7 Å². The van der Waals surface area contributed by atoms with Gasteiger partial charge in [-0.3, -0.25) is 9.59 Å². The van der Waals surface area contributed by atoms with Gasteiger partial charge in [0.2, 0.25) is 0 Å². The second-order valence-corrected chi connectivity index (χ2v) is 4.18. The third kappa shape index (κ3) is 2.28. The van der Waals surface area contributed by atoms with Gasteiger partial charge in [-0.2, -0.15) is 0 Å². The fraction of sp³-hybridized carbons (Fsp3) is 0.800. The van der Waals surface area contributed by atoms with Crippen LogP contribution in [0.1, 0.15) is 20.8 Å². The van der Waals surface area contributed by atoms with Crippen LogP contribution in [0.15, 0.2) is 0 Å². The van der Waals surface area contributed by atoms with Crippen molar-refractivity contribution >= 4 is 11.8 Å². The van der Waals surface area contributed by atoms with Crippen LogP contribution in [0.25, 0.3) is 0 Å². The van der Waals surface area contributed by atoms with Crippen molar-refractivity contribution in [3.05, 3.63) is 0 Å². The molecule has 5 nitrogen and oxygen atoms in total. The summed E-state index contributed by atoms with van der Waals surface area (Å²) in [5.74, 6) is -0.829. The van der Waals surface area contributed by atoms with E-state index in [1.54, 1.807) is 9.80 Å². The zero-order valence-electron chi connectivity index (χ0n) is 9.56. The van der Waals surface area contributed by atoms with E-state index >= 15 is 0 Å². The van der Waals surface area contributed by atoms with Crippen LogP contribution >= 0.6 is 0 Å². The molecular weight excluding hydrogens is 194 g/mol. The molecule has 15 heavy (non-hydrogen) atoms. The lowest BCUT2D eigenvalue weighted by molar-refractivity contribution is -0.158. The van der Waals surface area contributed by atoms with Crippen molar-refractivity contribution in [1.82, 2.24) is 9.80 Å². The molecule has 2 amide bonds. The van der Waals surface area contributed by atoms with Crippen LogP contribution < -0.4 is 5.73 Å². The summed E-state index contributed by atoms with van der Waals surface area (Å²) in [5.41, 5.74) is 5.49. The average Bonchev–Trinajstić information content (AvgIpc) is 2.20. The Kier molecular flexibility index (Phi) is 3.68. The summed E-state index contributed by atoms with van der Waals surface area (Å²) in [5, 5.41) is 0. The van der Waals surface area contributed by atoms with Gasteiger partial charge in [-0.1, -0.05) is 0 Å². The summed E-state index contributed by atoms with van der Waals surface area (Å²) >= 11 is 0. The minimum absolute atomic E-state index is 0.0595. The van der Waals surface area contributed by atoms with E-state index in [0.717, 1.165) is 0 Å². The van der Waals surface area contributed by atoms with E-state index < -0.39 is 11.8 Å². The second kappa shape index (κ2) is 4.61. The molecule has 2 N–H and O–H groups in total. The maximum absolute atomic E-state index is 11.7. The molecule has 1 saturated heterocycles. The zero-order chi connectivity index (χ0) is 11.6. The molecule has 1 heterocycles. The topological polar surface area (TPSA) is 66.6 Å². The van der Waals surface area contributed by atoms with Crippen molar-refractivity contribution in [3.8, 4) is 0 Å². The number of nitrogens with two attached hydrogens (primary N) is 1. The number of rotatable bonds is 3. The van der Waals surface area contributed by atoms with Gasteiger partial charge >= 0.3 is 11.8 Å². The summed E-state index contributed by atoms with van der Waals surface area (Å²) in [6, 6.07) is 0.0209. The van der Waals surface area contributed by atoms with Gasteiger partial charge in [0.15, 0.2) is 0 Å². The molecular formula is C10H19N3O2. The SMILES string of the molecule is CC(C)N1CCN(C(C)CN)C(=O)C1=O. The molecule has 0 aromatic rings. The van der Waals surface area contributed by atoms with Crippen LogP contribution in [0, 0.1) is 0 Å². The molecule has 0 aromatic carbocycles. The molecule has 0 saturated carbocycles. The highest BCUT2D eigenvalue weighted by atomic mass is 16.2. The molecule has 1 unspecified atom stereocenters. The molecule has 0 aromatic heterocycles. The average molecular weight is 213 g/mol. The molecule has 86 valence electrons. The fourth-order valence-electron chi connectivity index (χ4n) is 1.70. The molecule has 0 spiro atoms. The van der Waals surface area contributed by atoms with Gasteiger partial charge in [-0.25, -0.2) is 0 Å². The summed E-state index contributed by atoms with van der Waals surface area (Å²) < 4.78 is 0. The van der Waals surface area contributed by atoms with Gasteiger partial charge in [-0.05, 0) is 20.8 Å². The predicted octanol–water partition coefficient (Wildman–Crippen LogP) is -0.587. The van der Waals surface area contributed by atoms with Crippen LogP contribution in [-0.4, -0.2) is 53.3 Å². The molecule has 0 radical (unpaired) electrons. The van der Waals surface area contributed by atoms with Crippen molar-refractivity contribution < 1.29 is 9.59 Å². The Labute approximate surface area is 90.2 Å². The summed E-state index contributed by atoms with van der Waals surface area (Å²) in [7, 11) is 0. The Morgan fingerprint density at radius 3 is 2.07 bits per heavy atom. The number of piperazine rings is 1.